The van der Waals surface area contributed by atoms with Crippen molar-refractivity contribution in [1.29, 1.82) is 0 Å². The highest BCUT2D eigenvalue weighted by Gasteiger charge is 2.24. The largest absolute Gasteiger partial charge is 0.493 e. The molecule has 0 spiro atoms. The van der Waals surface area contributed by atoms with E-state index in [2.05, 4.69) is 5.32 Å². The minimum absolute atomic E-state index is 0.0973. The molecule has 1 heterocycles. The van der Waals surface area contributed by atoms with Crippen LogP contribution >= 0.6 is 0 Å². The second-order valence-electron chi connectivity index (χ2n) is 6.33. The van der Waals surface area contributed by atoms with Gasteiger partial charge in [0.25, 0.3) is 0 Å². The first-order valence-corrected chi connectivity index (χ1v) is 8.20. The molecule has 2 rings (SSSR count). The van der Waals surface area contributed by atoms with Crippen molar-refractivity contribution in [2.75, 3.05) is 13.2 Å². The van der Waals surface area contributed by atoms with Crippen molar-refractivity contribution >= 4 is 5.91 Å². The number of hydrogen-bond donors (Lipinski definition) is 2. The number of carbonyl (C=O) groups excluding carboxylic acids is 1. The van der Waals surface area contributed by atoms with E-state index in [1.54, 1.807) is 0 Å². The molecule has 1 aliphatic carbocycles. The van der Waals surface area contributed by atoms with Crippen molar-refractivity contribution in [2.24, 2.45) is 11.7 Å². The van der Waals surface area contributed by atoms with Crippen LogP contribution in [0.1, 0.15) is 46.0 Å². The van der Waals surface area contributed by atoms with E-state index < -0.39 is 0 Å². The number of allylic oxidation sites excluding steroid dienone is 4. The minimum atomic E-state index is 0.0973. The van der Waals surface area contributed by atoms with E-state index in [4.69, 9.17) is 15.2 Å². The number of nitrogens with one attached hydrogen (secondary N) is 1. The smallest absolute Gasteiger partial charge is 0.227 e. The SMILES string of the molecule is C/C(=C\C=C(/C)OC1CCOC1)NC(=O)C1CCC(N)CC1. The molecule has 0 radical (unpaired) electrons. The number of amides is 1. The Morgan fingerprint density at radius 2 is 1.91 bits per heavy atom. The summed E-state index contributed by atoms with van der Waals surface area (Å²) < 4.78 is 11.0. The quantitative estimate of drug-likeness (QED) is 0.603. The summed E-state index contributed by atoms with van der Waals surface area (Å²) in [5, 5.41) is 2.97. The lowest BCUT2D eigenvalue weighted by molar-refractivity contribution is -0.125. The number of carbonyl (C=O) groups is 1. The summed E-state index contributed by atoms with van der Waals surface area (Å²) >= 11 is 0. The van der Waals surface area contributed by atoms with Crippen LogP contribution in [0, 0.1) is 5.92 Å². The molecule has 5 nitrogen and oxygen atoms in total. The van der Waals surface area contributed by atoms with Crippen LogP contribution in [0.15, 0.2) is 23.6 Å². The van der Waals surface area contributed by atoms with Crippen LogP contribution in [-0.2, 0) is 14.3 Å². The Labute approximate surface area is 132 Å². The summed E-state index contributed by atoms with van der Waals surface area (Å²) in [5.74, 6) is 1.05. The van der Waals surface area contributed by atoms with Gasteiger partial charge < -0.3 is 20.5 Å². The number of rotatable bonds is 5. The zero-order valence-corrected chi connectivity index (χ0v) is 13.6. The molecule has 1 saturated heterocycles. The first-order chi connectivity index (χ1) is 10.5. The van der Waals surface area contributed by atoms with Crippen LogP contribution in [0.25, 0.3) is 0 Å². The van der Waals surface area contributed by atoms with Gasteiger partial charge in [0, 0.05) is 24.1 Å². The third kappa shape index (κ3) is 5.46. The fourth-order valence-electron chi connectivity index (χ4n) is 2.87. The van der Waals surface area contributed by atoms with Crippen LogP contribution in [0.4, 0.5) is 0 Å². The zero-order chi connectivity index (χ0) is 15.9. The predicted octanol–water partition coefficient (Wildman–Crippen LogP) is 2.23. The maximum absolute atomic E-state index is 12.2. The molecule has 124 valence electrons. The lowest BCUT2D eigenvalue weighted by atomic mass is 9.86. The van der Waals surface area contributed by atoms with E-state index in [1.807, 2.05) is 26.0 Å². The van der Waals surface area contributed by atoms with Crippen molar-refractivity contribution in [3.8, 4) is 0 Å². The molecular weight excluding hydrogens is 280 g/mol. The maximum atomic E-state index is 12.2. The average Bonchev–Trinajstić information content (AvgIpc) is 2.98. The number of nitrogens with two attached hydrogens (primary N) is 1. The molecule has 5 heteroatoms. The Balaban J connectivity index is 1.77. The Kier molecular flexibility index (Phi) is 6.46. The van der Waals surface area contributed by atoms with E-state index in [1.165, 1.54) is 0 Å². The minimum Gasteiger partial charge on any atom is -0.493 e. The molecule has 2 fully saturated rings. The summed E-state index contributed by atoms with van der Waals surface area (Å²) in [4.78, 5) is 12.2. The van der Waals surface area contributed by atoms with Gasteiger partial charge in [-0.25, -0.2) is 0 Å². The van der Waals surface area contributed by atoms with Gasteiger partial charge in [-0.05, 0) is 51.7 Å². The summed E-state index contributed by atoms with van der Waals surface area (Å²) in [7, 11) is 0. The van der Waals surface area contributed by atoms with E-state index in [0.717, 1.165) is 50.2 Å². The maximum Gasteiger partial charge on any atom is 0.227 e. The summed E-state index contributed by atoms with van der Waals surface area (Å²) in [6.45, 7) is 5.25. The van der Waals surface area contributed by atoms with Gasteiger partial charge in [-0.3, -0.25) is 4.79 Å². The molecule has 3 N–H and O–H groups in total. The van der Waals surface area contributed by atoms with Crippen LogP contribution in [-0.4, -0.2) is 31.3 Å². The van der Waals surface area contributed by atoms with Gasteiger partial charge >= 0.3 is 0 Å². The number of hydrogen-bond acceptors (Lipinski definition) is 4. The predicted molar refractivity (Wildman–Crippen MR) is 85.9 cm³/mol. The zero-order valence-electron chi connectivity index (χ0n) is 13.6. The number of ether oxygens (including phenoxy) is 2. The molecular formula is C17H28N2O3. The van der Waals surface area contributed by atoms with E-state index in [0.29, 0.717) is 6.61 Å². The second-order valence-corrected chi connectivity index (χ2v) is 6.33. The van der Waals surface area contributed by atoms with Crippen LogP contribution in [0.5, 0.6) is 0 Å². The molecule has 0 aromatic heterocycles. The summed E-state index contributed by atoms with van der Waals surface area (Å²) in [6.07, 6.45) is 8.54. The fraction of sp³-hybridized carbons (Fsp3) is 0.706. The first kappa shape index (κ1) is 17.0. The third-order valence-electron chi connectivity index (χ3n) is 4.27. The molecule has 1 aliphatic heterocycles. The van der Waals surface area contributed by atoms with E-state index >= 15 is 0 Å². The van der Waals surface area contributed by atoms with Gasteiger partial charge in [0.15, 0.2) is 0 Å². The molecule has 2 aliphatic rings. The first-order valence-electron chi connectivity index (χ1n) is 8.20. The third-order valence-corrected chi connectivity index (χ3v) is 4.27. The van der Waals surface area contributed by atoms with Crippen molar-refractivity contribution in [3.63, 3.8) is 0 Å². The van der Waals surface area contributed by atoms with Crippen molar-refractivity contribution in [3.05, 3.63) is 23.6 Å². The normalized spacial score (nSPS) is 30.2. The van der Waals surface area contributed by atoms with E-state index in [-0.39, 0.29) is 24.0 Å². The van der Waals surface area contributed by atoms with Gasteiger partial charge in [0.2, 0.25) is 5.91 Å². The van der Waals surface area contributed by atoms with Gasteiger partial charge in [0.1, 0.15) is 6.10 Å². The lowest BCUT2D eigenvalue weighted by Crippen LogP contribution is -2.35. The highest BCUT2D eigenvalue weighted by Crippen LogP contribution is 2.23. The van der Waals surface area contributed by atoms with Gasteiger partial charge in [-0.2, -0.15) is 0 Å². The van der Waals surface area contributed by atoms with Crippen LogP contribution < -0.4 is 11.1 Å². The molecule has 1 atom stereocenters. The Hall–Kier alpha value is -1.33. The summed E-state index contributed by atoms with van der Waals surface area (Å²) in [5.41, 5.74) is 6.71. The summed E-state index contributed by atoms with van der Waals surface area (Å²) in [6, 6.07) is 0.267. The average molecular weight is 308 g/mol. The molecule has 1 amide bonds. The van der Waals surface area contributed by atoms with Crippen molar-refractivity contribution < 1.29 is 14.3 Å². The Morgan fingerprint density at radius 3 is 2.55 bits per heavy atom. The molecule has 1 saturated carbocycles. The molecule has 0 aromatic rings. The van der Waals surface area contributed by atoms with Gasteiger partial charge in [-0.15, -0.1) is 0 Å². The van der Waals surface area contributed by atoms with E-state index in [9.17, 15) is 4.79 Å². The van der Waals surface area contributed by atoms with Crippen LogP contribution in [0.3, 0.4) is 0 Å². The molecule has 22 heavy (non-hydrogen) atoms. The van der Waals surface area contributed by atoms with Crippen molar-refractivity contribution in [2.45, 2.75) is 58.1 Å². The van der Waals surface area contributed by atoms with Crippen molar-refractivity contribution in [1.82, 2.24) is 5.32 Å². The fourth-order valence-corrected chi connectivity index (χ4v) is 2.87. The molecule has 0 bridgehead atoms. The van der Waals surface area contributed by atoms with Gasteiger partial charge in [0.05, 0.1) is 19.0 Å². The van der Waals surface area contributed by atoms with Crippen LogP contribution in [0.2, 0.25) is 0 Å². The molecule has 1 unspecified atom stereocenters. The van der Waals surface area contributed by atoms with Gasteiger partial charge in [-0.1, -0.05) is 0 Å². The molecule has 0 aromatic carbocycles. The second kappa shape index (κ2) is 8.34. The Morgan fingerprint density at radius 1 is 1.18 bits per heavy atom. The Bertz CT molecular complexity index is 431. The highest BCUT2D eigenvalue weighted by molar-refractivity contribution is 5.80. The standard InChI is InChI=1S/C17H28N2O3/c1-12(3-4-13(2)22-16-9-10-21-11-16)19-17(20)14-5-7-15(18)8-6-14/h3-4,14-16H,5-11,18H2,1-2H3,(H,19,20)/b12-3+,13-4+. The topological polar surface area (TPSA) is 73.6 Å². The lowest BCUT2D eigenvalue weighted by Gasteiger charge is -2.25. The highest BCUT2D eigenvalue weighted by atomic mass is 16.5. The monoisotopic (exact) mass is 308 g/mol.